The average Bonchev–Trinajstić information content (AvgIpc) is 2.73. The van der Waals surface area contributed by atoms with Crippen molar-refractivity contribution in [2.75, 3.05) is 38.2 Å². The summed E-state index contributed by atoms with van der Waals surface area (Å²) in [5.41, 5.74) is 11.6. The van der Waals surface area contributed by atoms with Gasteiger partial charge >= 0.3 is 0 Å². The van der Waals surface area contributed by atoms with Crippen molar-refractivity contribution in [1.29, 1.82) is 0 Å². The van der Waals surface area contributed by atoms with Crippen LogP contribution in [-0.2, 0) is 0 Å². The Morgan fingerprint density at radius 3 is 2.48 bits per heavy atom. The molecule has 2 amide bonds. The summed E-state index contributed by atoms with van der Waals surface area (Å²) in [7, 11) is 3.93. The van der Waals surface area contributed by atoms with E-state index in [0.717, 1.165) is 11.3 Å². The molecule has 0 aliphatic carbocycles. The summed E-state index contributed by atoms with van der Waals surface area (Å²) in [6.07, 6.45) is 0. The molecule has 1 unspecified atom stereocenters. The molecule has 118 valence electrons. The van der Waals surface area contributed by atoms with E-state index in [0.29, 0.717) is 23.0 Å². The molecule has 0 bridgehead atoms. The third-order valence-corrected chi connectivity index (χ3v) is 4.34. The molecule has 8 heteroatoms. The van der Waals surface area contributed by atoms with Crippen LogP contribution in [0, 0.1) is 0 Å². The number of primary amides is 1. The largest absolute Gasteiger partial charge is 0.397 e. The van der Waals surface area contributed by atoms with E-state index in [1.54, 1.807) is 0 Å². The minimum atomic E-state index is -0.640. The molecule has 0 fully saturated rings. The number of thiophene rings is 1. The number of rotatable bonds is 7. The minimum absolute atomic E-state index is 0.137. The van der Waals surface area contributed by atoms with Crippen LogP contribution in [0.2, 0.25) is 0 Å². The number of nitrogens with zero attached hydrogens (tertiary/aromatic N) is 1. The van der Waals surface area contributed by atoms with Crippen molar-refractivity contribution in [1.82, 2.24) is 10.2 Å². The first-order chi connectivity index (χ1) is 9.79. The van der Waals surface area contributed by atoms with E-state index in [9.17, 15) is 9.59 Å². The van der Waals surface area contributed by atoms with E-state index in [1.165, 1.54) is 0 Å². The normalized spacial score (nSPS) is 12.2. The number of anilines is 2. The van der Waals surface area contributed by atoms with Crippen LogP contribution in [0.1, 0.15) is 33.9 Å². The summed E-state index contributed by atoms with van der Waals surface area (Å²) in [6.45, 7) is 4.96. The molecule has 0 saturated carbocycles. The number of hydrogen-bond acceptors (Lipinski definition) is 6. The van der Waals surface area contributed by atoms with Crippen LogP contribution in [0.5, 0.6) is 0 Å². The van der Waals surface area contributed by atoms with Gasteiger partial charge in [-0.2, -0.15) is 0 Å². The smallest absolute Gasteiger partial charge is 0.263 e. The highest BCUT2D eigenvalue weighted by atomic mass is 32.1. The van der Waals surface area contributed by atoms with Gasteiger partial charge in [-0.1, -0.05) is 0 Å². The van der Waals surface area contributed by atoms with Crippen LogP contribution in [-0.4, -0.2) is 49.9 Å². The quantitative estimate of drug-likeness (QED) is 0.587. The number of likely N-dealkylation sites (N-methyl/N-ethyl adjacent to an activating group) is 1. The standard InChI is InChI=1S/C13H23N5O2S/c1-5-16-12(20)10-9(14)8(11(15)19)13(21-10)17-6-7(2)18(3)4/h7,17H,5-6,14H2,1-4H3,(H2,15,19)(H,16,20). The molecule has 0 saturated heterocycles. The highest BCUT2D eigenvalue weighted by molar-refractivity contribution is 7.19. The second-order valence-electron chi connectivity index (χ2n) is 4.97. The van der Waals surface area contributed by atoms with E-state index in [-0.39, 0.29) is 23.2 Å². The third-order valence-electron chi connectivity index (χ3n) is 3.17. The van der Waals surface area contributed by atoms with Crippen LogP contribution in [0.3, 0.4) is 0 Å². The first-order valence-electron chi connectivity index (χ1n) is 6.70. The SMILES string of the molecule is CCNC(=O)c1sc(NCC(C)N(C)C)c(C(N)=O)c1N. The molecule has 1 aromatic rings. The van der Waals surface area contributed by atoms with Crippen molar-refractivity contribution in [2.45, 2.75) is 19.9 Å². The van der Waals surface area contributed by atoms with E-state index in [2.05, 4.69) is 10.6 Å². The van der Waals surface area contributed by atoms with E-state index >= 15 is 0 Å². The number of amides is 2. The number of carbonyl (C=O) groups is 2. The predicted octanol–water partition coefficient (Wildman–Crippen LogP) is 0.541. The van der Waals surface area contributed by atoms with Gasteiger partial charge in [0.2, 0.25) is 0 Å². The lowest BCUT2D eigenvalue weighted by Crippen LogP contribution is -2.31. The van der Waals surface area contributed by atoms with Crippen molar-refractivity contribution in [3.63, 3.8) is 0 Å². The van der Waals surface area contributed by atoms with Crippen molar-refractivity contribution in [2.24, 2.45) is 5.73 Å². The molecule has 6 N–H and O–H groups in total. The van der Waals surface area contributed by atoms with Crippen LogP contribution in [0.4, 0.5) is 10.7 Å². The lowest BCUT2D eigenvalue weighted by Gasteiger charge is -2.20. The Balaban J connectivity index is 3.05. The maximum Gasteiger partial charge on any atom is 0.263 e. The zero-order valence-corrected chi connectivity index (χ0v) is 13.6. The molecule has 0 spiro atoms. The van der Waals surface area contributed by atoms with Crippen LogP contribution >= 0.6 is 11.3 Å². The molecule has 1 aromatic heterocycles. The molecule has 7 nitrogen and oxygen atoms in total. The molecule has 0 aromatic carbocycles. The maximum absolute atomic E-state index is 11.9. The molecule has 0 radical (unpaired) electrons. The average molecular weight is 313 g/mol. The Kier molecular flexibility index (Phi) is 5.98. The Morgan fingerprint density at radius 1 is 1.38 bits per heavy atom. The Hall–Kier alpha value is -1.80. The number of hydrogen-bond donors (Lipinski definition) is 4. The third kappa shape index (κ3) is 4.08. The zero-order chi connectivity index (χ0) is 16.2. The van der Waals surface area contributed by atoms with Crippen molar-refractivity contribution >= 4 is 33.8 Å². The Morgan fingerprint density at radius 2 is 2.00 bits per heavy atom. The zero-order valence-electron chi connectivity index (χ0n) is 12.8. The molecule has 1 heterocycles. The lowest BCUT2D eigenvalue weighted by molar-refractivity contribution is 0.0960. The topological polar surface area (TPSA) is 113 Å². The number of nitrogens with one attached hydrogen (secondary N) is 2. The minimum Gasteiger partial charge on any atom is -0.397 e. The Labute approximate surface area is 128 Å². The van der Waals surface area contributed by atoms with Crippen molar-refractivity contribution in [3.05, 3.63) is 10.4 Å². The summed E-state index contributed by atoms with van der Waals surface area (Å²) in [6, 6.07) is 0.252. The van der Waals surface area contributed by atoms with Gasteiger partial charge in [0.15, 0.2) is 0 Å². The van der Waals surface area contributed by atoms with Gasteiger partial charge in [0.1, 0.15) is 9.88 Å². The summed E-state index contributed by atoms with van der Waals surface area (Å²) in [5.74, 6) is -0.935. The van der Waals surface area contributed by atoms with Gasteiger partial charge in [-0.05, 0) is 27.9 Å². The van der Waals surface area contributed by atoms with Gasteiger partial charge in [-0.3, -0.25) is 9.59 Å². The summed E-state index contributed by atoms with van der Waals surface area (Å²) in [5, 5.41) is 6.36. The first kappa shape index (κ1) is 17.3. The van der Waals surface area contributed by atoms with Gasteiger partial charge < -0.3 is 27.0 Å². The predicted molar refractivity (Wildman–Crippen MR) is 86.9 cm³/mol. The van der Waals surface area contributed by atoms with Gasteiger partial charge in [0.05, 0.1) is 11.3 Å². The first-order valence-corrected chi connectivity index (χ1v) is 7.51. The molecular weight excluding hydrogens is 290 g/mol. The summed E-state index contributed by atoms with van der Waals surface area (Å²) >= 11 is 1.15. The second-order valence-corrected chi connectivity index (χ2v) is 5.99. The van der Waals surface area contributed by atoms with Crippen LogP contribution < -0.4 is 22.1 Å². The fourth-order valence-electron chi connectivity index (χ4n) is 1.65. The van der Waals surface area contributed by atoms with Gasteiger partial charge in [-0.25, -0.2) is 0 Å². The molecule has 0 aliphatic heterocycles. The van der Waals surface area contributed by atoms with E-state index < -0.39 is 5.91 Å². The lowest BCUT2D eigenvalue weighted by atomic mass is 10.2. The number of nitrogen functional groups attached to an aromatic ring is 1. The highest BCUT2D eigenvalue weighted by Crippen LogP contribution is 2.35. The molecule has 21 heavy (non-hydrogen) atoms. The monoisotopic (exact) mass is 313 g/mol. The molecule has 0 aliphatic rings. The second kappa shape index (κ2) is 7.28. The van der Waals surface area contributed by atoms with Gasteiger partial charge in [0.25, 0.3) is 11.8 Å². The fourth-order valence-corrected chi connectivity index (χ4v) is 2.69. The molecule has 1 rings (SSSR count). The number of nitrogens with two attached hydrogens (primary N) is 2. The van der Waals surface area contributed by atoms with Crippen LogP contribution in [0.15, 0.2) is 0 Å². The van der Waals surface area contributed by atoms with Crippen molar-refractivity contribution < 1.29 is 9.59 Å². The van der Waals surface area contributed by atoms with Crippen molar-refractivity contribution in [3.8, 4) is 0 Å². The summed E-state index contributed by atoms with van der Waals surface area (Å²) in [4.78, 5) is 25.9. The van der Waals surface area contributed by atoms with Gasteiger partial charge in [-0.15, -0.1) is 11.3 Å². The fraction of sp³-hybridized carbons (Fsp3) is 0.538. The highest BCUT2D eigenvalue weighted by Gasteiger charge is 2.24. The van der Waals surface area contributed by atoms with Crippen LogP contribution in [0.25, 0.3) is 0 Å². The maximum atomic E-state index is 11.9. The molecule has 1 atom stereocenters. The number of carbonyl (C=O) groups excluding carboxylic acids is 2. The van der Waals surface area contributed by atoms with E-state index in [4.69, 9.17) is 11.5 Å². The van der Waals surface area contributed by atoms with E-state index in [1.807, 2.05) is 32.8 Å². The molecular formula is C13H23N5O2S. The van der Waals surface area contributed by atoms with Gasteiger partial charge in [0, 0.05) is 19.1 Å². The Bertz CT molecular complexity index is 527. The summed E-state index contributed by atoms with van der Waals surface area (Å²) < 4.78 is 0.